The number of hydrogen-bond acceptors (Lipinski definition) is 4. The van der Waals surface area contributed by atoms with E-state index in [0.717, 1.165) is 26.1 Å². The molecule has 0 aliphatic rings. The third-order valence-electron chi connectivity index (χ3n) is 3.49. The Morgan fingerprint density at radius 1 is 1.23 bits per heavy atom. The molecule has 0 heterocycles. The quantitative estimate of drug-likeness (QED) is 0.684. The van der Waals surface area contributed by atoms with Gasteiger partial charge in [0.15, 0.2) is 0 Å². The zero-order valence-corrected chi connectivity index (χ0v) is 13.9. The molecule has 0 bridgehead atoms. The van der Waals surface area contributed by atoms with Crippen LogP contribution in [0.1, 0.15) is 37.6 Å². The summed E-state index contributed by atoms with van der Waals surface area (Å²) in [7, 11) is 0. The van der Waals surface area contributed by atoms with Crippen LogP contribution in [-0.4, -0.2) is 48.6 Å². The monoisotopic (exact) mass is 307 g/mol. The van der Waals surface area contributed by atoms with Gasteiger partial charge in [-0.2, -0.15) is 0 Å². The third-order valence-corrected chi connectivity index (χ3v) is 3.49. The summed E-state index contributed by atoms with van der Waals surface area (Å²) in [5.74, 6) is -0.242. The van der Waals surface area contributed by atoms with Crippen molar-refractivity contribution in [3.8, 4) is 5.75 Å². The van der Waals surface area contributed by atoms with Gasteiger partial charge in [-0.1, -0.05) is 32.9 Å². The highest BCUT2D eigenvalue weighted by Gasteiger charge is 2.14. The molecule has 0 spiro atoms. The maximum Gasteiger partial charge on any atom is 0.255 e. The second-order valence-electron chi connectivity index (χ2n) is 6.71. The standard InChI is InChI=1S/C17H29N3O2/c1-17(2,3)8-11-20(12-9-18)13-10-19-16(22)14-6-4-5-7-15(14)21/h4-7,21H,8-13,18H2,1-3H3,(H,19,22). The summed E-state index contributed by atoms with van der Waals surface area (Å²) < 4.78 is 0. The van der Waals surface area contributed by atoms with Crippen molar-refractivity contribution in [1.82, 2.24) is 10.2 Å². The van der Waals surface area contributed by atoms with Crippen molar-refractivity contribution >= 4 is 5.91 Å². The molecule has 0 saturated carbocycles. The molecule has 0 aromatic heterocycles. The number of carbonyl (C=O) groups is 1. The Hall–Kier alpha value is -1.59. The number of phenolic OH excluding ortho intramolecular Hbond substituents is 1. The molecule has 0 fully saturated rings. The van der Waals surface area contributed by atoms with E-state index in [9.17, 15) is 9.90 Å². The molecule has 124 valence electrons. The van der Waals surface area contributed by atoms with Gasteiger partial charge in [-0.3, -0.25) is 4.79 Å². The molecule has 1 amide bonds. The van der Waals surface area contributed by atoms with Crippen LogP contribution in [0, 0.1) is 5.41 Å². The summed E-state index contributed by atoms with van der Waals surface area (Å²) in [6.45, 7) is 10.3. The van der Waals surface area contributed by atoms with Gasteiger partial charge in [-0.15, -0.1) is 0 Å². The first kappa shape index (κ1) is 18.5. The minimum absolute atomic E-state index is 0.00606. The van der Waals surface area contributed by atoms with Crippen LogP contribution in [0.15, 0.2) is 24.3 Å². The Morgan fingerprint density at radius 2 is 1.91 bits per heavy atom. The molecule has 0 radical (unpaired) electrons. The van der Waals surface area contributed by atoms with Crippen LogP contribution >= 0.6 is 0 Å². The zero-order chi connectivity index (χ0) is 16.6. The lowest BCUT2D eigenvalue weighted by atomic mass is 9.92. The number of nitrogens with zero attached hydrogens (tertiary/aromatic N) is 1. The van der Waals surface area contributed by atoms with Gasteiger partial charge in [0, 0.05) is 26.2 Å². The van der Waals surface area contributed by atoms with E-state index in [0.29, 0.717) is 18.7 Å². The van der Waals surface area contributed by atoms with Crippen LogP contribution < -0.4 is 11.1 Å². The summed E-state index contributed by atoms with van der Waals surface area (Å²) in [4.78, 5) is 14.3. The lowest BCUT2D eigenvalue weighted by Crippen LogP contribution is -2.38. The fourth-order valence-corrected chi connectivity index (χ4v) is 2.10. The van der Waals surface area contributed by atoms with E-state index >= 15 is 0 Å². The highest BCUT2D eigenvalue weighted by atomic mass is 16.3. The lowest BCUT2D eigenvalue weighted by Gasteiger charge is -2.26. The molecule has 5 nitrogen and oxygen atoms in total. The Morgan fingerprint density at radius 3 is 2.50 bits per heavy atom. The van der Waals surface area contributed by atoms with E-state index in [1.807, 2.05) is 0 Å². The Kier molecular flexibility index (Phi) is 7.35. The number of phenols is 1. The number of rotatable bonds is 8. The number of amides is 1. The molecule has 1 aromatic carbocycles. The Bertz CT molecular complexity index is 469. The van der Waals surface area contributed by atoms with Crippen molar-refractivity contribution in [3.05, 3.63) is 29.8 Å². The molecule has 4 N–H and O–H groups in total. The van der Waals surface area contributed by atoms with E-state index in [1.165, 1.54) is 6.07 Å². The maximum atomic E-state index is 12.0. The largest absolute Gasteiger partial charge is 0.507 e. The molecule has 5 heteroatoms. The van der Waals surface area contributed by atoms with E-state index in [2.05, 4.69) is 31.0 Å². The minimum Gasteiger partial charge on any atom is -0.507 e. The van der Waals surface area contributed by atoms with Crippen LogP contribution in [0.5, 0.6) is 5.75 Å². The van der Waals surface area contributed by atoms with Gasteiger partial charge >= 0.3 is 0 Å². The predicted octanol–water partition coefficient (Wildman–Crippen LogP) is 1.82. The van der Waals surface area contributed by atoms with Crippen molar-refractivity contribution < 1.29 is 9.90 Å². The molecule has 0 unspecified atom stereocenters. The first-order valence-electron chi connectivity index (χ1n) is 7.82. The SMILES string of the molecule is CC(C)(C)CCN(CCN)CCNC(=O)c1ccccc1O. The first-order chi connectivity index (χ1) is 10.3. The lowest BCUT2D eigenvalue weighted by molar-refractivity contribution is 0.0944. The number of nitrogens with two attached hydrogens (primary N) is 1. The maximum absolute atomic E-state index is 12.0. The first-order valence-corrected chi connectivity index (χ1v) is 7.82. The average Bonchev–Trinajstić information content (AvgIpc) is 2.44. The van der Waals surface area contributed by atoms with Crippen LogP contribution in [0.4, 0.5) is 0 Å². The van der Waals surface area contributed by atoms with Gasteiger partial charge in [-0.05, 0) is 30.5 Å². The van der Waals surface area contributed by atoms with E-state index in [4.69, 9.17) is 5.73 Å². The molecule has 1 rings (SSSR count). The molecule has 0 aliphatic carbocycles. The van der Waals surface area contributed by atoms with E-state index in [-0.39, 0.29) is 17.1 Å². The minimum atomic E-state index is -0.249. The number of para-hydroxylation sites is 1. The molecular weight excluding hydrogens is 278 g/mol. The molecule has 22 heavy (non-hydrogen) atoms. The second-order valence-corrected chi connectivity index (χ2v) is 6.71. The highest BCUT2D eigenvalue weighted by molar-refractivity contribution is 5.96. The van der Waals surface area contributed by atoms with Gasteiger partial charge in [0.2, 0.25) is 0 Å². The van der Waals surface area contributed by atoms with Gasteiger partial charge in [0.25, 0.3) is 5.91 Å². The number of benzene rings is 1. The summed E-state index contributed by atoms with van der Waals surface area (Å²) >= 11 is 0. The Balaban J connectivity index is 2.42. The predicted molar refractivity (Wildman–Crippen MR) is 90.0 cm³/mol. The smallest absolute Gasteiger partial charge is 0.255 e. The van der Waals surface area contributed by atoms with Crippen LogP contribution in [-0.2, 0) is 0 Å². The van der Waals surface area contributed by atoms with Crippen molar-refractivity contribution in [2.24, 2.45) is 11.1 Å². The van der Waals surface area contributed by atoms with Crippen molar-refractivity contribution in [3.63, 3.8) is 0 Å². The number of aromatic hydroxyl groups is 1. The molecular formula is C17H29N3O2. The summed E-state index contributed by atoms with van der Waals surface area (Å²) in [5.41, 5.74) is 6.24. The Labute approximate surface area is 133 Å². The third kappa shape index (κ3) is 6.91. The van der Waals surface area contributed by atoms with Crippen molar-refractivity contribution in [2.75, 3.05) is 32.7 Å². The molecule has 0 atom stereocenters. The van der Waals surface area contributed by atoms with Gasteiger partial charge < -0.3 is 21.1 Å². The number of carbonyl (C=O) groups excluding carboxylic acids is 1. The molecule has 0 saturated heterocycles. The fraction of sp³-hybridized carbons (Fsp3) is 0.588. The highest BCUT2D eigenvalue weighted by Crippen LogP contribution is 2.18. The van der Waals surface area contributed by atoms with Crippen LogP contribution in [0.3, 0.4) is 0 Å². The topological polar surface area (TPSA) is 78.6 Å². The molecule has 1 aromatic rings. The van der Waals surface area contributed by atoms with Crippen molar-refractivity contribution in [1.29, 1.82) is 0 Å². The fourth-order valence-electron chi connectivity index (χ4n) is 2.10. The number of hydrogen-bond donors (Lipinski definition) is 3. The van der Waals surface area contributed by atoms with Crippen LogP contribution in [0.25, 0.3) is 0 Å². The second kappa shape index (κ2) is 8.76. The zero-order valence-electron chi connectivity index (χ0n) is 13.9. The van der Waals surface area contributed by atoms with Crippen molar-refractivity contribution in [2.45, 2.75) is 27.2 Å². The molecule has 0 aliphatic heterocycles. The normalized spacial score (nSPS) is 11.7. The van der Waals surface area contributed by atoms with Gasteiger partial charge in [-0.25, -0.2) is 0 Å². The van der Waals surface area contributed by atoms with Crippen LogP contribution in [0.2, 0.25) is 0 Å². The summed E-state index contributed by atoms with van der Waals surface area (Å²) in [6.07, 6.45) is 1.08. The van der Waals surface area contributed by atoms with E-state index < -0.39 is 0 Å². The van der Waals surface area contributed by atoms with Gasteiger partial charge in [0.1, 0.15) is 5.75 Å². The number of nitrogens with one attached hydrogen (secondary N) is 1. The van der Waals surface area contributed by atoms with Gasteiger partial charge in [0.05, 0.1) is 5.56 Å². The average molecular weight is 307 g/mol. The summed E-state index contributed by atoms with van der Waals surface area (Å²) in [6, 6.07) is 6.56. The van der Waals surface area contributed by atoms with E-state index in [1.54, 1.807) is 18.2 Å². The summed E-state index contributed by atoms with van der Waals surface area (Å²) in [5, 5.41) is 12.5.